The van der Waals surface area contributed by atoms with Gasteiger partial charge >= 0.3 is 6.09 Å². The van der Waals surface area contributed by atoms with Crippen molar-refractivity contribution in [1.29, 1.82) is 0 Å². The highest BCUT2D eigenvalue weighted by molar-refractivity contribution is 5.77. The Morgan fingerprint density at radius 1 is 1.11 bits per heavy atom. The van der Waals surface area contributed by atoms with Crippen LogP contribution in [0.5, 0.6) is 0 Å². The highest BCUT2D eigenvalue weighted by Crippen LogP contribution is 2.17. The zero-order chi connectivity index (χ0) is 19.2. The van der Waals surface area contributed by atoms with Crippen LogP contribution >= 0.6 is 0 Å². The molecule has 1 fully saturated rings. The molecule has 0 saturated carbocycles. The molecule has 8 heteroatoms. The lowest BCUT2D eigenvalue weighted by Crippen LogP contribution is -2.50. The van der Waals surface area contributed by atoms with Crippen LogP contribution in [-0.4, -0.2) is 64.7 Å². The zero-order valence-electron chi connectivity index (χ0n) is 15.7. The fourth-order valence-electron chi connectivity index (χ4n) is 2.90. The Balaban J connectivity index is 1.47. The Kier molecular flexibility index (Phi) is 6.05. The normalized spacial score (nSPS) is 14.3. The molecule has 0 bridgehead atoms. The summed E-state index contributed by atoms with van der Waals surface area (Å²) in [5.74, 6) is 0.998. The summed E-state index contributed by atoms with van der Waals surface area (Å²) in [6, 6.07) is 7.87. The predicted octanol–water partition coefficient (Wildman–Crippen LogP) is 2.28. The third-order valence-corrected chi connectivity index (χ3v) is 4.49. The van der Waals surface area contributed by atoms with E-state index in [1.807, 2.05) is 31.2 Å². The summed E-state index contributed by atoms with van der Waals surface area (Å²) in [6.07, 6.45) is 0.379. The van der Waals surface area contributed by atoms with E-state index in [0.717, 1.165) is 11.1 Å². The van der Waals surface area contributed by atoms with Gasteiger partial charge in [0.15, 0.2) is 0 Å². The van der Waals surface area contributed by atoms with Crippen LogP contribution in [0.25, 0.3) is 11.4 Å². The molecule has 0 N–H and O–H groups in total. The maximum Gasteiger partial charge on any atom is 0.409 e. The molecular weight excluding hydrogens is 348 g/mol. The van der Waals surface area contributed by atoms with Crippen LogP contribution in [0, 0.1) is 6.92 Å². The van der Waals surface area contributed by atoms with E-state index in [1.165, 1.54) is 0 Å². The lowest BCUT2D eigenvalue weighted by molar-refractivity contribution is -0.132. The molecule has 1 aliphatic rings. The first-order chi connectivity index (χ1) is 13.1. The molecule has 2 amide bonds. The number of nitrogens with zero attached hydrogens (tertiary/aromatic N) is 4. The van der Waals surface area contributed by atoms with Gasteiger partial charge in [-0.05, 0) is 13.8 Å². The smallest absolute Gasteiger partial charge is 0.409 e. The van der Waals surface area contributed by atoms with Crippen molar-refractivity contribution in [2.45, 2.75) is 26.7 Å². The molecule has 1 aromatic carbocycles. The van der Waals surface area contributed by atoms with E-state index < -0.39 is 0 Å². The van der Waals surface area contributed by atoms with Crippen molar-refractivity contribution >= 4 is 12.0 Å². The van der Waals surface area contributed by atoms with Gasteiger partial charge in [0.1, 0.15) is 0 Å². The van der Waals surface area contributed by atoms with E-state index in [4.69, 9.17) is 9.26 Å². The highest BCUT2D eigenvalue weighted by Gasteiger charge is 2.25. The number of hydrogen-bond acceptors (Lipinski definition) is 6. The molecule has 1 aliphatic heterocycles. The molecule has 1 saturated heterocycles. The van der Waals surface area contributed by atoms with Crippen LogP contribution in [-0.2, 0) is 16.0 Å². The highest BCUT2D eigenvalue weighted by atomic mass is 16.6. The van der Waals surface area contributed by atoms with E-state index >= 15 is 0 Å². The molecule has 0 unspecified atom stereocenters. The summed E-state index contributed by atoms with van der Waals surface area (Å²) in [7, 11) is 0. The molecular formula is C19H24N4O4. The van der Waals surface area contributed by atoms with E-state index in [2.05, 4.69) is 10.1 Å². The number of benzene rings is 1. The SMILES string of the molecule is CCOC(=O)N1CCN(C(=O)CCc2nc(-c3ccc(C)cc3)no2)CC1. The number of rotatable bonds is 5. The second kappa shape index (κ2) is 8.66. The van der Waals surface area contributed by atoms with Gasteiger partial charge in [0.25, 0.3) is 0 Å². The summed E-state index contributed by atoms with van der Waals surface area (Å²) < 4.78 is 10.2. The molecule has 2 heterocycles. The molecule has 8 nitrogen and oxygen atoms in total. The van der Waals surface area contributed by atoms with Crippen molar-refractivity contribution < 1.29 is 18.8 Å². The Morgan fingerprint density at radius 2 is 1.78 bits per heavy atom. The Labute approximate surface area is 158 Å². The molecule has 1 aromatic heterocycles. The number of amides is 2. The number of ether oxygens (including phenoxy) is 1. The minimum atomic E-state index is -0.320. The minimum absolute atomic E-state index is 0.0218. The number of aryl methyl sites for hydroxylation is 2. The van der Waals surface area contributed by atoms with Gasteiger partial charge in [-0.1, -0.05) is 35.0 Å². The fourth-order valence-corrected chi connectivity index (χ4v) is 2.90. The van der Waals surface area contributed by atoms with Gasteiger partial charge in [-0.2, -0.15) is 4.98 Å². The van der Waals surface area contributed by atoms with Crippen molar-refractivity contribution in [2.75, 3.05) is 32.8 Å². The van der Waals surface area contributed by atoms with Gasteiger partial charge in [0, 0.05) is 44.6 Å². The van der Waals surface area contributed by atoms with Crippen LogP contribution in [0.2, 0.25) is 0 Å². The molecule has 0 aliphatic carbocycles. The van der Waals surface area contributed by atoms with Crippen LogP contribution < -0.4 is 0 Å². The molecule has 0 atom stereocenters. The number of carbonyl (C=O) groups is 2. The first kappa shape index (κ1) is 18.9. The first-order valence-electron chi connectivity index (χ1n) is 9.16. The van der Waals surface area contributed by atoms with Crippen LogP contribution in [0.3, 0.4) is 0 Å². The topological polar surface area (TPSA) is 88.8 Å². The third kappa shape index (κ3) is 4.84. The summed E-state index contributed by atoms with van der Waals surface area (Å²) >= 11 is 0. The number of hydrogen-bond donors (Lipinski definition) is 0. The number of carbonyl (C=O) groups excluding carboxylic acids is 2. The summed E-state index contributed by atoms with van der Waals surface area (Å²) in [5.41, 5.74) is 2.05. The molecule has 0 spiro atoms. The lowest BCUT2D eigenvalue weighted by Gasteiger charge is -2.34. The monoisotopic (exact) mass is 372 g/mol. The second-order valence-electron chi connectivity index (χ2n) is 6.44. The number of piperazine rings is 1. The largest absolute Gasteiger partial charge is 0.450 e. The van der Waals surface area contributed by atoms with Gasteiger partial charge in [-0.25, -0.2) is 4.79 Å². The molecule has 0 radical (unpaired) electrons. The molecule has 2 aromatic rings. The summed E-state index contributed by atoms with van der Waals surface area (Å²) in [5, 5.41) is 3.98. The summed E-state index contributed by atoms with van der Waals surface area (Å²) in [4.78, 5) is 31.8. The molecule has 3 rings (SSSR count). The first-order valence-corrected chi connectivity index (χ1v) is 9.16. The van der Waals surface area contributed by atoms with Crippen molar-refractivity contribution in [1.82, 2.24) is 19.9 Å². The summed E-state index contributed by atoms with van der Waals surface area (Å²) in [6.45, 7) is 6.15. The Bertz CT molecular complexity index is 779. The lowest BCUT2D eigenvalue weighted by atomic mass is 10.1. The van der Waals surface area contributed by atoms with Crippen LogP contribution in [0.1, 0.15) is 24.8 Å². The number of aromatic nitrogens is 2. The minimum Gasteiger partial charge on any atom is -0.450 e. The molecule has 27 heavy (non-hydrogen) atoms. The maximum absolute atomic E-state index is 12.4. The standard InChI is InChI=1S/C19H24N4O4/c1-3-26-19(25)23-12-10-22(11-13-23)17(24)9-8-16-20-18(21-27-16)15-6-4-14(2)5-7-15/h4-7H,3,8-13H2,1-2H3. The van der Waals surface area contributed by atoms with E-state index in [1.54, 1.807) is 16.7 Å². The maximum atomic E-state index is 12.4. The van der Waals surface area contributed by atoms with E-state index in [9.17, 15) is 9.59 Å². The Morgan fingerprint density at radius 3 is 2.44 bits per heavy atom. The van der Waals surface area contributed by atoms with Gasteiger partial charge in [0.05, 0.1) is 6.61 Å². The quantitative estimate of drug-likeness (QED) is 0.800. The van der Waals surface area contributed by atoms with Gasteiger partial charge in [0.2, 0.25) is 17.6 Å². The van der Waals surface area contributed by atoms with Gasteiger partial charge in [-0.15, -0.1) is 0 Å². The zero-order valence-corrected chi connectivity index (χ0v) is 15.7. The average molecular weight is 372 g/mol. The van der Waals surface area contributed by atoms with Crippen molar-refractivity contribution in [3.8, 4) is 11.4 Å². The fraction of sp³-hybridized carbons (Fsp3) is 0.474. The van der Waals surface area contributed by atoms with Crippen LogP contribution in [0.4, 0.5) is 4.79 Å². The van der Waals surface area contributed by atoms with Crippen molar-refractivity contribution in [3.05, 3.63) is 35.7 Å². The van der Waals surface area contributed by atoms with Gasteiger partial charge < -0.3 is 19.1 Å². The Hall–Kier alpha value is -2.90. The third-order valence-electron chi connectivity index (χ3n) is 4.49. The van der Waals surface area contributed by atoms with E-state index in [0.29, 0.717) is 57.3 Å². The van der Waals surface area contributed by atoms with E-state index in [-0.39, 0.29) is 12.0 Å². The van der Waals surface area contributed by atoms with Crippen molar-refractivity contribution in [3.63, 3.8) is 0 Å². The average Bonchev–Trinajstić information content (AvgIpc) is 3.16. The van der Waals surface area contributed by atoms with Crippen molar-refractivity contribution in [2.24, 2.45) is 0 Å². The second-order valence-corrected chi connectivity index (χ2v) is 6.44. The van der Waals surface area contributed by atoms with Gasteiger partial charge in [-0.3, -0.25) is 4.79 Å². The van der Waals surface area contributed by atoms with Crippen LogP contribution in [0.15, 0.2) is 28.8 Å². The predicted molar refractivity (Wildman–Crippen MR) is 98.0 cm³/mol. The molecule has 144 valence electrons.